The Morgan fingerprint density at radius 1 is 0.684 bits per heavy atom. The molecule has 0 bridgehead atoms. The predicted octanol–water partition coefficient (Wildman–Crippen LogP) is 3.06. The SMILES string of the molecule is c1cc(CCCOCCCc2ccncc2)ccn1. The third-order valence-electron chi connectivity index (χ3n) is 3.01. The maximum absolute atomic E-state index is 5.65. The first-order valence-corrected chi connectivity index (χ1v) is 6.81. The smallest absolute Gasteiger partial charge is 0.0469 e. The molecule has 0 saturated heterocycles. The van der Waals surface area contributed by atoms with Crippen molar-refractivity contribution in [3.05, 3.63) is 60.2 Å². The van der Waals surface area contributed by atoms with Crippen molar-refractivity contribution < 1.29 is 4.74 Å². The van der Waals surface area contributed by atoms with Gasteiger partial charge in [0.05, 0.1) is 0 Å². The molecular formula is C16H20N2O. The molecule has 0 aliphatic rings. The molecule has 19 heavy (non-hydrogen) atoms. The molecule has 0 aliphatic heterocycles. The van der Waals surface area contributed by atoms with Crippen LogP contribution < -0.4 is 0 Å². The van der Waals surface area contributed by atoms with Crippen molar-refractivity contribution in [2.24, 2.45) is 0 Å². The summed E-state index contributed by atoms with van der Waals surface area (Å²) in [6.07, 6.45) is 11.6. The molecule has 0 atom stereocenters. The van der Waals surface area contributed by atoms with E-state index in [0.717, 1.165) is 38.9 Å². The van der Waals surface area contributed by atoms with E-state index in [1.165, 1.54) is 11.1 Å². The van der Waals surface area contributed by atoms with E-state index in [0.29, 0.717) is 0 Å². The second-order valence-electron chi connectivity index (χ2n) is 4.53. The second-order valence-corrected chi connectivity index (χ2v) is 4.53. The summed E-state index contributed by atoms with van der Waals surface area (Å²) in [4.78, 5) is 8.01. The molecule has 0 spiro atoms. The zero-order valence-corrected chi connectivity index (χ0v) is 11.2. The van der Waals surface area contributed by atoms with Crippen LogP contribution in [0.25, 0.3) is 0 Å². The quantitative estimate of drug-likeness (QED) is 0.681. The molecule has 0 fully saturated rings. The van der Waals surface area contributed by atoms with Crippen molar-refractivity contribution >= 4 is 0 Å². The monoisotopic (exact) mass is 256 g/mol. The lowest BCUT2D eigenvalue weighted by Crippen LogP contribution is -2.00. The van der Waals surface area contributed by atoms with Crippen LogP contribution in [0.4, 0.5) is 0 Å². The van der Waals surface area contributed by atoms with Gasteiger partial charge in [0.15, 0.2) is 0 Å². The number of aromatic nitrogens is 2. The summed E-state index contributed by atoms with van der Waals surface area (Å²) in [7, 11) is 0. The van der Waals surface area contributed by atoms with Crippen LogP contribution in [0.1, 0.15) is 24.0 Å². The first kappa shape index (κ1) is 13.7. The van der Waals surface area contributed by atoms with Gasteiger partial charge in [0.1, 0.15) is 0 Å². The summed E-state index contributed by atoms with van der Waals surface area (Å²) in [6, 6.07) is 8.24. The van der Waals surface area contributed by atoms with Crippen LogP contribution in [-0.2, 0) is 17.6 Å². The lowest BCUT2D eigenvalue weighted by Gasteiger charge is -2.04. The Kier molecular flexibility index (Phi) is 6.03. The largest absolute Gasteiger partial charge is 0.381 e. The highest BCUT2D eigenvalue weighted by Crippen LogP contribution is 2.03. The molecule has 0 unspecified atom stereocenters. The van der Waals surface area contributed by atoms with Crippen LogP contribution in [0.3, 0.4) is 0 Å². The zero-order chi connectivity index (χ0) is 13.2. The van der Waals surface area contributed by atoms with Crippen molar-refractivity contribution in [3.8, 4) is 0 Å². The third-order valence-corrected chi connectivity index (χ3v) is 3.01. The molecule has 2 rings (SSSR count). The molecule has 0 amide bonds. The van der Waals surface area contributed by atoms with Crippen molar-refractivity contribution in [1.82, 2.24) is 9.97 Å². The molecule has 0 radical (unpaired) electrons. The number of hydrogen-bond donors (Lipinski definition) is 0. The fourth-order valence-electron chi connectivity index (χ4n) is 1.96. The molecule has 3 heteroatoms. The molecule has 0 aromatic carbocycles. The summed E-state index contributed by atoms with van der Waals surface area (Å²) < 4.78 is 5.65. The van der Waals surface area contributed by atoms with Crippen LogP contribution in [0, 0.1) is 0 Å². The molecule has 0 saturated carbocycles. The van der Waals surface area contributed by atoms with Crippen LogP contribution in [0.15, 0.2) is 49.1 Å². The average molecular weight is 256 g/mol. The fourth-order valence-corrected chi connectivity index (χ4v) is 1.96. The van der Waals surface area contributed by atoms with Gasteiger partial charge in [0, 0.05) is 38.0 Å². The van der Waals surface area contributed by atoms with Gasteiger partial charge in [-0.05, 0) is 61.1 Å². The highest BCUT2D eigenvalue weighted by Gasteiger charge is 1.95. The highest BCUT2D eigenvalue weighted by molar-refractivity contribution is 5.10. The van der Waals surface area contributed by atoms with Gasteiger partial charge in [-0.3, -0.25) is 9.97 Å². The van der Waals surface area contributed by atoms with Gasteiger partial charge in [-0.25, -0.2) is 0 Å². The number of nitrogens with zero attached hydrogens (tertiary/aromatic N) is 2. The number of ether oxygens (including phenoxy) is 1. The molecule has 3 nitrogen and oxygen atoms in total. The maximum atomic E-state index is 5.65. The van der Waals surface area contributed by atoms with Gasteiger partial charge in [0.2, 0.25) is 0 Å². The van der Waals surface area contributed by atoms with E-state index in [1.54, 1.807) is 0 Å². The summed E-state index contributed by atoms with van der Waals surface area (Å²) in [5.41, 5.74) is 2.66. The number of aryl methyl sites for hydroxylation is 2. The topological polar surface area (TPSA) is 35.0 Å². The normalized spacial score (nSPS) is 10.5. The van der Waals surface area contributed by atoms with Crippen molar-refractivity contribution in [2.45, 2.75) is 25.7 Å². The van der Waals surface area contributed by atoms with E-state index in [4.69, 9.17) is 4.74 Å². The van der Waals surface area contributed by atoms with Crippen LogP contribution in [0.2, 0.25) is 0 Å². The number of rotatable bonds is 8. The molecule has 2 aromatic heterocycles. The van der Waals surface area contributed by atoms with Gasteiger partial charge in [-0.15, -0.1) is 0 Å². The number of pyridine rings is 2. The second kappa shape index (κ2) is 8.38. The minimum Gasteiger partial charge on any atom is -0.381 e. The van der Waals surface area contributed by atoms with Gasteiger partial charge in [-0.1, -0.05) is 0 Å². The van der Waals surface area contributed by atoms with Crippen LogP contribution in [-0.4, -0.2) is 23.2 Å². The lowest BCUT2D eigenvalue weighted by atomic mass is 10.1. The zero-order valence-electron chi connectivity index (χ0n) is 11.2. The molecule has 0 N–H and O–H groups in total. The van der Waals surface area contributed by atoms with Crippen molar-refractivity contribution in [2.75, 3.05) is 13.2 Å². The Morgan fingerprint density at radius 2 is 1.11 bits per heavy atom. The van der Waals surface area contributed by atoms with E-state index in [2.05, 4.69) is 34.2 Å². The van der Waals surface area contributed by atoms with Gasteiger partial charge in [-0.2, -0.15) is 0 Å². The molecule has 2 heterocycles. The molecule has 0 aliphatic carbocycles. The van der Waals surface area contributed by atoms with Crippen molar-refractivity contribution in [1.29, 1.82) is 0 Å². The van der Waals surface area contributed by atoms with Crippen LogP contribution >= 0.6 is 0 Å². The Bertz CT molecular complexity index is 401. The van der Waals surface area contributed by atoms with Gasteiger partial charge < -0.3 is 4.74 Å². The average Bonchev–Trinajstić information content (AvgIpc) is 2.48. The predicted molar refractivity (Wildman–Crippen MR) is 75.9 cm³/mol. The Balaban J connectivity index is 1.49. The van der Waals surface area contributed by atoms with E-state index in [1.807, 2.05) is 24.8 Å². The standard InChI is InChI=1S/C16H20N2O/c1(3-15-5-9-17-10-6-15)13-19-14-2-4-16-7-11-18-12-8-16/h5-12H,1-4,13-14H2. The minimum absolute atomic E-state index is 0.832. The molecular weight excluding hydrogens is 236 g/mol. The minimum atomic E-state index is 0.832. The maximum Gasteiger partial charge on any atom is 0.0469 e. The number of hydrogen-bond acceptors (Lipinski definition) is 3. The lowest BCUT2D eigenvalue weighted by molar-refractivity contribution is 0.130. The first-order chi connectivity index (χ1) is 9.45. The Labute approximate surface area is 114 Å². The van der Waals surface area contributed by atoms with E-state index in [9.17, 15) is 0 Å². The van der Waals surface area contributed by atoms with E-state index in [-0.39, 0.29) is 0 Å². The summed E-state index contributed by atoms with van der Waals surface area (Å²) in [6.45, 7) is 1.66. The Morgan fingerprint density at radius 3 is 1.53 bits per heavy atom. The molecule has 100 valence electrons. The first-order valence-electron chi connectivity index (χ1n) is 6.81. The third kappa shape index (κ3) is 5.62. The van der Waals surface area contributed by atoms with E-state index >= 15 is 0 Å². The summed E-state index contributed by atoms with van der Waals surface area (Å²) in [5, 5.41) is 0. The highest BCUT2D eigenvalue weighted by atomic mass is 16.5. The molecule has 2 aromatic rings. The van der Waals surface area contributed by atoms with Gasteiger partial charge >= 0.3 is 0 Å². The fraction of sp³-hybridized carbons (Fsp3) is 0.375. The van der Waals surface area contributed by atoms with E-state index < -0.39 is 0 Å². The van der Waals surface area contributed by atoms with Crippen molar-refractivity contribution in [3.63, 3.8) is 0 Å². The summed E-state index contributed by atoms with van der Waals surface area (Å²) in [5.74, 6) is 0. The van der Waals surface area contributed by atoms with Gasteiger partial charge in [0.25, 0.3) is 0 Å². The van der Waals surface area contributed by atoms with Crippen LogP contribution in [0.5, 0.6) is 0 Å². The summed E-state index contributed by atoms with van der Waals surface area (Å²) >= 11 is 0. The Hall–Kier alpha value is -1.74.